The molecule has 3 N–H and O–H groups in total. The Balaban J connectivity index is 5.19. The van der Waals surface area contributed by atoms with Gasteiger partial charge in [0.15, 0.2) is 18.1 Å². The van der Waals surface area contributed by atoms with Crippen molar-refractivity contribution in [2.24, 2.45) is 0 Å². The van der Waals surface area contributed by atoms with Gasteiger partial charge in [0.2, 0.25) is 0 Å². The second-order valence-electron chi connectivity index (χ2n) is 9.38. The van der Waals surface area contributed by atoms with E-state index in [1.165, 1.54) is 51.4 Å². The number of carboxylic acid groups (broad SMARTS) is 3. The van der Waals surface area contributed by atoms with E-state index in [9.17, 15) is 29.7 Å². The van der Waals surface area contributed by atoms with Crippen LogP contribution < -0.4 is 0 Å². The van der Waals surface area contributed by atoms with Crippen LogP contribution in [-0.2, 0) is 14.4 Å². The zero-order chi connectivity index (χ0) is 26.0. The maximum Gasteiger partial charge on any atom is 0.362 e. The molecule has 0 aromatic rings. The van der Waals surface area contributed by atoms with Crippen molar-refractivity contribution in [3.05, 3.63) is 12.2 Å². The van der Waals surface area contributed by atoms with E-state index in [2.05, 4.69) is 13.0 Å². The van der Waals surface area contributed by atoms with Gasteiger partial charge in [0.1, 0.15) is 0 Å². The minimum atomic E-state index is -1.14. The third kappa shape index (κ3) is 10.2. The summed E-state index contributed by atoms with van der Waals surface area (Å²) in [6, 6.07) is -3.27. The summed E-state index contributed by atoms with van der Waals surface area (Å²) < 4.78 is -0.453. The quantitative estimate of drug-likeness (QED) is 0.0950. The van der Waals surface area contributed by atoms with E-state index in [0.29, 0.717) is 6.42 Å². The van der Waals surface area contributed by atoms with Gasteiger partial charge in [-0.15, -0.1) is 0 Å². The average Bonchev–Trinajstić information content (AvgIpc) is 2.77. The number of carbonyl (C=O) groups is 3. The number of nitrogens with zero attached hydrogens (tertiary/aromatic N) is 1. The molecule has 0 fully saturated rings. The highest BCUT2D eigenvalue weighted by atomic mass is 16.4. The molecule has 0 saturated heterocycles. The summed E-state index contributed by atoms with van der Waals surface area (Å²) in [4.78, 5) is 36.5. The molecule has 0 aromatic carbocycles. The van der Waals surface area contributed by atoms with Crippen LogP contribution in [0.1, 0.15) is 118 Å². The molecular formula is C27H50NO6+. The first-order valence-electron chi connectivity index (χ1n) is 13.4. The van der Waals surface area contributed by atoms with Gasteiger partial charge >= 0.3 is 17.9 Å². The van der Waals surface area contributed by atoms with Crippen LogP contribution in [0, 0.1) is 0 Å². The van der Waals surface area contributed by atoms with Gasteiger partial charge in [-0.25, -0.2) is 14.4 Å². The summed E-state index contributed by atoms with van der Waals surface area (Å²) in [5.74, 6) is -3.42. The van der Waals surface area contributed by atoms with Crippen molar-refractivity contribution in [1.82, 2.24) is 0 Å². The lowest BCUT2D eigenvalue weighted by Crippen LogP contribution is -2.72. The van der Waals surface area contributed by atoms with Crippen LogP contribution in [-0.4, -0.2) is 62.4 Å². The number of quaternary nitrogens is 1. The van der Waals surface area contributed by atoms with E-state index in [1.807, 2.05) is 6.08 Å². The van der Waals surface area contributed by atoms with Crippen LogP contribution in [0.15, 0.2) is 12.2 Å². The van der Waals surface area contributed by atoms with Gasteiger partial charge in [-0.1, -0.05) is 91.2 Å². The predicted octanol–water partition coefficient (Wildman–Crippen LogP) is 6.26. The first kappa shape index (κ1) is 32.1. The molecule has 3 unspecified atom stereocenters. The Labute approximate surface area is 206 Å². The standard InChI is InChI=1S/C27H49NO6/c1-5-9-10-11-12-13-14-15-16-17-18-19-20-21-28(22(6-2)25(29)30,23(7-3)26(31)32)24(8-4)27(33)34/h18-19,22-24H,5-17,20-21H2,1-4H3,(H2-,29,30,31,32,33,34)/p+1/b19-18+. The van der Waals surface area contributed by atoms with Crippen molar-refractivity contribution in [2.75, 3.05) is 6.54 Å². The number of allylic oxidation sites excluding steroid dienone is 1. The number of hydrogen-bond acceptors (Lipinski definition) is 3. The topological polar surface area (TPSA) is 112 Å². The van der Waals surface area contributed by atoms with Crippen LogP contribution in [0.4, 0.5) is 0 Å². The van der Waals surface area contributed by atoms with Crippen molar-refractivity contribution in [1.29, 1.82) is 0 Å². The SMILES string of the molecule is CCCCCCCCCCC/C=C/CC[N+](C(CC)C(=O)O)(C(CC)C(=O)O)C(CC)C(=O)O. The smallest absolute Gasteiger partial charge is 0.362 e. The molecule has 0 aliphatic rings. The molecule has 0 spiro atoms. The minimum Gasteiger partial charge on any atom is -0.477 e. The fourth-order valence-corrected chi connectivity index (χ4v) is 5.39. The Kier molecular flexibility index (Phi) is 17.4. The molecule has 0 radical (unpaired) electrons. The van der Waals surface area contributed by atoms with E-state index >= 15 is 0 Å². The molecule has 0 aliphatic heterocycles. The summed E-state index contributed by atoms with van der Waals surface area (Å²) in [5, 5.41) is 29.8. The van der Waals surface area contributed by atoms with Crippen molar-refractivity contribution in [3.8, 4) is 0 Å². The van der Waals surface area contributed by atoms with Crippen LogP contribution >= 0.6 is 0 Å². The second-order valence-corrected chi connectivity index (χ2v) is 9.38. The summed E-state index contributed by atoms with van der Waals surface area (Å²) >= 11 is 0. The minimum absolute atomic E-state index is 0.172. The normalized spacial score (nSPS) is 16.1. The van der Waals surface area contributed by atoms with Crippen LogP contribution in [0.5, 0.6) is 0 Å². The summed E-state index contributed by atoms with van der Waals surface area (Å²) in [5.41, 5.74) is 0. The Bertz CT molecular complexity index is 563. The van der Waals surface area contributed by atoms with E-state index in [-0.39, 0.29) is 25.8 Å². The number of carboxylic acids is 3. The molecule has 198 valence electrons. The van der Waals surface area contributed by atoms with Crippen LogP contribution in [0.3, 0.4) is 0 Å². The van der Waals surface area contributed by atoms with Crippen molar-refractivity contribution in [2.45, 2.75) is 136 Å². The molecule has 7 nitrogen and oxygen atoms in total. The van der Waals surface area contributed by atoms with Gasteiger partial charge < -0.3 is 15.3 Å². The Hall–Kier alpha value is -1.89. The maximum atomic E-state index is 12.2. The van der Waals surface area contributed by atoms with Crippen molar-refractivity contribution >= 4 is 17.9 Å². The second kappa shape index (κ2) is 18.4. The van der Waals surface area contributed by atoms with Crippen LogP contribution in [0.2, 0.25) is 0 Å². The lowest BCUT2D eigenvalue weighted by Gasteiger charge is -2.49. The molecular weight excluding hydrogens is 434 g/mol. The van der Waals surface area contributed by atoms with E-state index < -0.39 is 40.5 Å². The molecule has 0 heterocycles. The number of rotatable bonds is 22. The molecule has 0 aromatic heterocycles. The van der Waals surface area contributed by atoms with Gasteiger partial charge in [-0.3, -0.25) is 4.48 Å². The Morgan fingerprint density at radius 2 is 0.941 bits per heavy atom. The fourth-order valence-electron chi connectivity index (χ4n) is 5.39. The summed E-state index contributed by atoms with van der Waals surface area (Å²) in [7, 11) is 0. The monoisotopic (exact) mass is 484 g/mol. The average molecular weight is 485 g/mol. The first-order chi connectivity index (χ1) is 16.2. The highest BCUT2D eigenvalue weighted by Gasteiger charge is 2.55. The maximum absolute atomic E-state index is 12.2. The van der Waals surface area contributed by atoms with Crippen molar-refractivity contribution in [3.63, 3.8) is 0 Å². The third-order valence-corrected chi connectivity index (χ3v) is 7.08. The van der Waals surface area contributed by atoms with Crippen molar-refractivity contribution < 1.29 is 34.2 Å². The molecule has 0 bridgehead atoms. The van der Waals surface area contributed by atoms with E-state index in [4.69, 9.17) is 0 Å². The van der Waals surface area contributed by atoms with E-state index in [1.54, 1.807) is 20.8 Å². The Morgan fingerprint density at radius 3 is 1.29 bits per heavy atom. The summed E-state index contributed by atoms with van der Waals surface area (Å²) in [6.07, 6.45) is 17.3. The summed E-state index contributed by atoms with van der Waals surface area (Å²) in [6.45, 7) is 7.47. The largest absolute Gasteiger partial charge is 0.477 e. The van der Waals surface area contributed by atoms with E-state index in [0.717, 1.165) is 12.8 Å². The Morgan fingerprint density at radius 1 is 0.588 bits per heavy atom. The first-order valence-corrected chi connectivity index (χ1v) is 13.4. The highest BCUT2D eigenvalue weighted by Crippen LogP contribution is 2.32. The molecule has 0 amide bonds. The zero-order valence-corrected chi connectivity index (χ0v) is 22.0. The van der Waals surface area contributed by atoms with Crippen LogP contribution in [0.25, 0.3) is 0 Å². The molecule has 7 heteroatoms. The number of unbranched alkanes of at least 4 members (excludes halogenated alkanes) is 9. The van der Waals surface area contributed by atoms with Gasteiger partial charge in [0, 0.05) is 25.7 Å². The van der Waals surface area contributed by atoms with Gasteiger partial charge in [0.05, 0.1) is 6.54 Å². The number of aliphatic carboxylic acids is 3. The zero-order valence-electron chi connectivity index (χ0n) is 22.0. The lowest BCUT2D eigenvalue weighted by atomic mass is 9.94. The fraction of sp³-hybridized carbons (Fsp3) is 0.815. The van der Waals surface area contributed by atoms with Gasteiger partial charge in [-0.05, 0) is 12.8 Å². The van der Waals surface area contributed by atoms with Gasteiger partial charge in [0.25, 0.3) is 0 Å². The highest BCUT2D eigenvalue weighted by molar-refractivity contribution is 5.78. The lowest BCUT2D eigenvalue weighted by molar-refractivity contribution is -0.972. The molecule has 34 heavy (non-hydrogen) atoms. The molecule has 0 saturated carbocycles. The third-order valence-electron chi connectivity index (χ3n) is 7.08. The molecule has 0 aliphatic carbocycles. The predicted molar refractivity (Wildman–Crippen MR) is 136 cm³/mol. The van der Waals surface area contributed by atoms with Gasteiger partial charge in [-0.2, -0.15) is 0 Å². The molecule has 3 atom stereocenters. The number of hydrogen-bond donors (Lipinski definition) is 3. The molecule has 0 rings (SSSR count).